The van der Waals surface area contributed by atoms with Gasteiger partial charge in [-0.3, -0.25) is 0 Å². The van der Waals surface area contributed by atoms with Crippen molar-refractivity contribution in [2.45, 2.75) is 31.7 Å². The summed E-state index contributed by atoms with van der Waals surface area (Å²) < 4.78 is 0. The Labute approximate surface area is 137 Å². The highest BCUT2D eigenvalue weighted by atomic mass is 35.5. The molecule has 21 heavy (non-hydrogen) atoms. The van der Waals surface area contributed by atoms with Crippen LogP contribution in [0.4, 0.5) is 0 Å². The normalized spacial score (nSPS) is 13.9. The molecular weight excluding hydrogens is 301 g/mol. The van der Waals surface area contributed by atoms with Crippen LogP contribution in [0.1, 0.15) is 30.4 Å². The van der Waals surface area contributed by atoms with Crippen molar-refractivity contribution < 1.29 is 0 Å². The maximum atomic E-state index is 6.31. The molecule has 2 atom stereocenters. The lowest BCUT2D eigenvalue weighted by Crippen LogP contribution is -2.34. The minimum atomic E-state index is 0.301. The Hall–Kier alpha value is -1.02. The van der Waals surface area contributed by atoms with Gasteiger partial charge in [0.2, 0.25) is 0 Å². The molecule has 2 unspecified atom stereocenters. The van der Waals surface area contributed by atoms with Gasteiger partial charge < -0.3 is 5.32 Å². The van der Waals surface area contributed by atoms with Gasteiger partial charge in [-0.15, -0.1) is 0 Å². The van der Waals surface area contributed by atoms with E-state index in [0.717, 1.165) is 28.5 Å². The zero-order valence-electron chi connectivity index (χ0n) is 12.4. The zero-order chi connectivity index (χ0) is 15.2. The Morgan fingerprint density at radius 1 is 0.952 bits per heavy atom. The highest BCUT2D eigenvalue weighted by Crippen LogP contribution is 2.30. The third kappa shape index (κ3) is 4.00. The molecule has 1 nitrogen and oxygen atoms in total. The molecule has 0 fully saturated rings. The molecule has 2 aromatic rings. The number of rotatable bonds is 6. The van der Waals surface area contributed by atoms with Crippen LogP contribution in [0.15, 0.2) is 48.5 Å². The monoisotopic (exact) mass is 321 g/mol. The van der Waals surface area contributed by atoms with Crippen molar-refractivity contribution in [2.24, 2.45) is 0 Å². The second kappa shape index (κ2) is 7.84. The minimum absolute atomic E-state index is 0.301. The van der Waals surface area contributed by atoms with Gasteiger partial charge in [0.1, 0.15) is 0 Å². The molecule has 0 heterocycles. The molecule has 2 rings (SSSR count). The molecule has 0 saturated carbocycles. The molecule has 0 aliphatic heterocycles. The summed E-state index contributed by atoms with van der Waals surface area (Å²) in [4.78, 5) is 0. The van der Waals surface area contributed by atoms with Crippen LogP contribution in [-0.2, 0) is 6.42 Å². The molecule has 0 radical (unpaired) electrons. The van der Waals surface area contributed by atoms with E-state index in [1.165, 1.54) is 5.56 Å². The number of hydrogen-bond donors (Lipinski definition) is 1. The summed E-state index contributed by atoms with van der Waals surface area (Å²) in [5.74, 6) is 0.434. The van der Waals surface area contributed by atoms with Gasteiger partial charge in [0.05, 0.1) is 0 Å². The molecular formula is C18H21Cl2N. The molecule has 0 aliphatic carbocycles. The van der Waals surface area contributed by atoms with Gasteiger partial charge in [0, 0.05) is 16.1 Å². The average Bonchev–Trinajstić information content (AvgIpc) is 2.51. The highest BCUT2D eigenvalue weighted by Gasteiger charge is 2.22. The van der Waals surface area contributed by atoms with Crippen molar-refractivity contribution in [3.63, 3.8) is 0 Å². The fraction of sp³-hybridized carbons (Fsp3) is 0.333. The van der Waals surface area contributed by atoms with E-state index in [2.05, 4.69) is 42.6 Å². The van der Waals surface area contributed by atoms with Gasteiger partial charge in [-0.2, -0.15) is 0 Å². The Balaban J connectivity index is 2.26. The first-order valence-electron chi connectivity index (χ1n) is 7.32. The second-order valence-electron chi connectivity index (χ2n) is 5.22. The number of nitrogens with one attached hydrogen (secondary N) is 1. The van der Waals surface area contributed by atoms with Crippen molar-refractivity contribution in [3.8, 4) is 0 Å². The topological polar surface area (TPSA) is 12.0 Å². The van der Waals surface area contributed by atoms with Gasteiger partial charge in [0.25, 0.3) is 0 Å². The van der Waals surface area contributed by atoms with E-state index in [0.29, 0.717) is 12.0 Å². The average molecular weight is 322 g/mol. The van der Waals surface area contributed by atoms with Gasteiger partial charge in [-0.25, -0.2) is 0 Å². The van der Waals surface area contributed by atoms with Crippen LogP contribution in [0, 0.1) is 0 Å². The molecule has 0 bridgehead atoms. The summed E-state index contributed by atoms with van der Waals surface area (Å²) in [7, 11) is 2.00. The lowest BCUT2D eigenvalue weighted by molar-refractivity contribution is 0.448. The predicted octanol–water partition coefficient (Wildman–Crippen LogP) is 5.32. The quantitative estimate of drug-likeness (QED) is 0.759. The van der Waals surface area contributed by atoms with Crippen molar-refractivity contribution in [2.75, 3.05) is 7.05 Å². The summed E-state index contributed by atoms with van der Waals surface area (Å²) in [6.45, 7) is 2.22. The Kier molecular flexibility index (Phi) is 6.10. The molecule has 3 heteroatoms. The molecule has 1 N–H and O–H groups in total. The van der Waals surface area contributed by atoms with Gasteiger partial charge in [-0.1, -0.05) is 66.5 Å². The van der Waals surface area contributed by atoms with E-state index in [9.17, 15) is 0 Å². The Morgan fingerprint density at radius 3 is 2.10 bits per heavy atom. The van der Waals surface area contributed by atoms with Crippen LogP contribution < -0.4 is 5.32 Å². The van der Waals surface area contributed by atoms with Gasteiger partial charge in [0.15, 0.2) is 0 Å². The van der Waals surface area contributed by atoms with E-state index in [4.69, 9.17) is 23.2 Å². The molecule has 0 saturated heterocycles. The molecule has 2 aromatic carbocycles. The third-order valence-electron chi connectivity index (χ3n) is 4.01. The highest BCUT2D eigenvalue weighted by molar-refractivity contribution is 6.36. The molecule has 112 valence electrons. The van der Waals surface area contributed by atoms with E-state index in [-0.39, 0.29) is 0 Å². The standard InChI is InChI=1S/C18H21Cl2N/c1-3-14(13-8-5-4-6-9-13)18(21-2)12-15-16(19)10-7-11-17(15)20/h4-11,14,18,21H,3,12H2,1-2H3. The third-order valence-corrected chi connectivity index (χ3v) is 4.72. The van der Waals surface area contributed by atoms with E-state index in [1.807, 2.05) is 25.2 Å². The molecule has 0 aliphatic rings. The van der Waals surface area contributed by atoms with Crippen LogP contribution >= 0.6 is 23.2 Å². The maximum absolute atomic E-state index is 6.31. The zero-order valence-corrected chi connectivity index (χ0v) is 14.0. The van der Waals surface area contributed by atoms with E-state index in [1.54, 1.807) is 0 Å². The van der Waals surface area contributed by atoms with Crippen molar-refractivity contribution in [1.29, 1.82) is 0 Å². The number of benzene rings is 2. The number of halogens is 2. The second-order valence-corrected chi connectivity index (χ2v) is 6.04. The largest absolute Gasteiger partial charge is 0.316 e. The minimum Gasteiger partial charge on any atom is -0.316 e. The smallest absolute Gasteiger partial charge is 0.0453 e. The molecule has 0 aromatic heterocycles. The van der Waals surface area contributed by atoms with Crippen molar-refractivity contribution in [1.82, 2.24) is 5.32 Å². The van der Waals surface area contributed by atoms with Gasteiger partial charge in [-0.05, 0) is 49.1 Å². The van der Waals surface area contributed by atoms with Gasteiger partial charge >= 0.3 is 0 Å². The summed E-state index contributed by atoms with van der Waals surface area (Å²) in [6, 6.07) is 16.6. The molecule has 0 amide bonds. The lowest BCUT2D eigenvalue weighted by Gasteiger charge is -2.27. The van der Waals surface area contributed by atoms with Crippen LogP contribution in [0.25, 0.3) is 0 Å². The van der Waals surface area contributed by atoms with E-state index >= 15 is 0 Å². The summed E-state index contributed by atoms with van der Waals surface area (Å²) in [6.07, 6.45) is 1.89. The fourth-order valence-electron chi connectivity index (χ4n) is 2.85. The van der Waals surface area contributed by atoms with Crippen LogP contribution in [0.5, 0.6) is 0 Å². The first-order chi connectivity index (χ1) is 10.2. The van der Waals surface area contributed by atoms with Crippen molar-refractivity contribution >= 4 is 23.2 Å². The summed E-state index contributed by atoms with van der Waals surface area (Å²) in [5, 5.41) is 4.92. The van der Waals surface area contributed by atoms with E-state index < -0.39 is 0 Å². The summed E-state index contributed by atoms with van der Waals surface area (Å²) >= 11 is 12.6. The first-order valence-corrected chi connectivity index (χ1v) is 8.08. The first kappa shape index (κ1) is 16.4. The van der Waals surface area contributed by atoms with Crippen molar-refractivity contribution in [3.05, 3.63) is 69.7 Å². The maximum Gasteiger partial charge on any atom is 0.0453 e. The SMILES string of the molecule is CCC(c1ccccc1)C(Cc1c(Cl)cccc1Cl)NC. The number of hydrogen-bond acceptors (Lipinski definition) is 1. The van der Waals surface area contributed by atoms with Crippen LogP contribution in [-0.4, -0.2) is 13.1 Å². The molecule has 0 spiro atoms. The Bertz CT molecular complexity index is 548. The fourth-order valence-corrected chi connectivity index (χ4v) is 3.40. The predicted molar refractivity (Wildman–Crippen MR) is 92.5 cm³/mol. The van der Waals surface area contributed by atoms with Crippen LogP contribution in [0.2, 0.25) is 10.0 Å². The van der Waals surface area contributed by atoms with Crippen LogP contribution in [0.3, 0.4) is 0 Å². The lowest BCUT2D eigenvalue weighted by atomic mass is 9.86. The summed E-state index contributed by atoms with van der Waals surface area (Å²) in [5.41, 5.74) is 2.37. The Morgan fingerprint density at radius 2 is 1.57 bits per heavy atom. The number of likely N-dealkylation sites (N-methyl/N-ethyl adjacent to an activating group) is 1.